The Labute approximate surface area is 131 Å². The first-order valence-corrected chi connectivity index (χ1v) is 7.69. The number of rotatable bonds is 6. The van der Waals surface area contributed by atoms with Gasteiger partial charge in [0.2, 0.25) is 11.8 Å². The summed E-state index contributed by atoms with van der Waals surface area (Å²) in [6, 6.07) is 0. The van der Waals surface area contributed by atoms with E-state index in [1.54, 1.807) is 9.80 Å². The molecule has 0 bridgehead atoms. The van der Waals surface area contributed by atoms with Crippen molar-refractivity contribution in [3.05, 3.63) is 0 Å². The van der Waals surface area contributed by atoms with Crippen LogP contribution in [0.15, 0.2) is 0 Å². The molecule has 3 amide bonds. The van der Waals surface area contributed by atoms with E-state index in [4.69, 9.17) is 10.5 Å². The first-order chi connectivity index (χ1) is 10.1. The van der Waals surface area contributed by atoms with Crippen molar-refractivity contribution in [3.63, 3.8) is 0 Å². The van der Waals surface area contributed by atoms with Crippen LogP contribution >= 0.6 is 0 Å². The van der Waals surface area contributed by atoms with E-state index in [1.165, 1.54) is 0 Å². The highest BCUT2D eigenvalue weighted by Crippen LogP contribution is 2.17. The predicted molar refractivity (Wildman–Crippen MR) is 82.0 cm³/mol. The first kappa shape index (κ1) is 18.3. The summed E-state index contributed by atoms with van der Waals surface area (Å²) < 4.78 is 5.36. The molecule has 1 atom stereocenters. The Morgan fingerprint density at radius 2 is 2.00 bits per heavy atom. The second-order valence-corrected chi connectivity index (χ2v) is 6.61. The summed E-state index contributed by atoms with van der Waals surface area (Å²) >= 11 is 0. The van der Waals surface area contributed by atoms with E-state index >= 15 is 0 Å². The molecule has 0 aromatic rings. The van der Waals surface area contributed by atoms with Gasteiger partial charge in [-0.1, -0.05) is 6.92 Å². The van der Waals surface area contributed by atoms with E-state index < -0.39 is 17.4 Å². The summed E-state index contributed by atoms with van der Waals surface area (Å²) in [5.41, 5.74) is 4.69. The van der Waals surface area contributed by atoms with Crippen molar-refractivity contribution in [2.75, 3.05) is 26.2 Å². The van der Waals surface area contributed by atoms with Gasteiger partial charge >= 0.3 is 6.09 Å². The molecule has 22 heavy (non-hydrogen) atoms. The van der Waals surface area contributed by atoms with Crippen LogP contribution in [0.1, 0.15) is 40.5 Å². The van der Waals surface area contributed by atoms with Gasteiger partial charge in [-0.15, -0.1) is 0 Å². The fourth-order valence-corrected chi connectivity index (χ4v) is 2.31. The minimum Gasteiger partial charge on any atom is -0.444 e. The normalized spacial score (nSPS) is 18.5. The molecule has 0 radical (unpaired) electrons. The Morgan fingerprint density at radius 1 is 1.36 bits per heavy atom. The molecular formula is C15H27N3O4. The second-order valence-electron chi connectivity index (χ2n) is 6.61. The minimum absolute atomic E-state index is 0.0931. The largest absolute Gasteiger partial charge is 0.444 e. The van der Waals surface area contributed by atoms with Gasteiger partial charge in [-0.2, -0.15) is 0 Å². The quantitative estimate of drug-likeness (QED) is 0.790. The zero-order chi connectivity index (χ0) is 16.9. The van der Waals surface area contributed by atoms with Crippen LogP contribution in [0.25, 0.3) is 0 Å². The Morgan fingerprint density at radius 3 is 2.45 bits per heavy atom. The molecule has 0 aromatic heterocycles. The van der Waals surface area contributed by atoms with Gasteiger partial charge in [0.25, 0.3) is 0 Å². The van der Waals surface area contributed by atoms with E-state index in [2.05, 4.69) is 0 Å². The molecule has 0 spiro atoms. The fourth-order valence-electron chi connectivity index (χ4n) is 2.31. The maximum atomic E-state index is 12.1. The van der Waals surface area contributed by atoms with Gasteiger partial charge in [-0.3, -0.25) is 9.59 Å². The van der Waals surface area contributed by atoms with Crippen LogP contribution in [0, 0.1) is 5.92 Å². The lowest BCUT2D eigenvalue weighted by molar-refractivity contribution is -0.128. The van der Waals surface area contributed by atoms with Crippen LogP contribution in [0.3, 0.4) is 0 Å². The third-order valence-electron chi connectivity index (χ3n) is 3.40. The molecule has 1 saturated heterocycles. The number of primary amides is 1. The molecule has 1 fully saturated rings. The minimum atomic E-state index is -0.552. The van der Waals surface area contributed by atoms with Crippen molar-refractivity contribution < 1.29 is 19.1 Å². The van der Waals surface area contributed by atoms with Crippen molar-refractivity contribution >= 4 is 17.9 Å². The molecule has 1 aliphatic heterocycles. The molecular weight excluding hydrogens is 286 g/mol. The topological polar surface area (TPSA) is 92.9 Å². The van der Waals surface area contributed by atoms with Crippen molar-refractivity contribution in [1.29, 1.82) is 0 Å². The number of carbonyl (C=O) groups excluding carboxylic acids is 3. The average molecular weight is 313 g/mol. The van der Waals surface area contributed by atoms with Gasteiger partial charge in [0.15, 0.2) is 0 Å². The number of ether oxygens (including phenoxy) is 1. The zero-order valence-electron chi connectivity index (χ0n) is 13.9. The highest BCUT2D eigenvalue weighted by molar-refractivity contribution is 5.88. The third-order valence-corrected chi connectivity index (χ3v) is 3.40. The standard InChI is InChI=1S/C15H27N3O4/c1-5-6-17(14(21)22-15(2,3)4)7-8-18-10-11(13(16)20)9-12(18)19/h11H,5-10H2,1-4H3,(H2,16,20). The van der Waals surface area contributed by atoms with E-state index in [0.29, 0.717) is 26.2 Å². The lowest BCUT2D eigenvalue weighted by atomic mass is 10.1. The molecule has 0 aliphatic carbocycles. The Kier molecular flexibility index (Phi) is 6.20. The van der Waals surface area contributed by atoms with Crippen LogP contribution in [0.2, 0.25) is 0 Å². The van der Waals surface area contributed by atoms with Gasteiger partial charge < -0.3 is 20.3 Å². The Hall–Kier alpha value is -1.79. The van der Waals surface area contributed by atoms with Gasteiger partial charge in [0.05, 0.1) is 5.92 Å². The maximum Gasteiger partial charge on any atom is 0.410 e. The number of amides is 3. The summed E-state index contributed by atoms with van der Waals surface area (Å²) in [4.78, 5) is 38.3. The van der Waals surface area contributed by atoms with Crippen LogP contribution in [-0.4, -0.2) is 59.5 Å². The maximum absolute atomic E-state index is 12.1. The van der Waals surface area contributed by atoms with Crippen molar-refractivity contribution in [3.8, 4) is 0 Å². The number of nitrogens with two attached hydrogens (primary N) is 1. The smallest absolute Gasteiger partial charge is 0.410 e. The van der Waals surface area contributed by atoms with Gasteiger partial charge in [-0.05, 0) is 27.2 Å². The molecule has 1 aliphatic rings. The molecule has 2 N–H and O–H groups in total. The van der Waals surface area contributed by atoms with E-state index in [9.17, 15) is 14.4 Å². The third kappa shape index (κ3) is 5.54. The number of hydrogen-bond donors (Lipinski definition) is 1. The Balaban J connectivity index is 2.56. The molecule has 1 rings (SSSR count). The summed E-state index contributed by atoms with van der Waals surface area (Å²) in [7, 11) is 0. The molecule has 7 heteroatoms. The van der Waals surface area contributed by atoms with Crippen LogP contribution in [0.5, 0.6) is 0 Å². The van der Waals surface area contributed by atoms with Gasteiger partial charge in [0.1, 0.15) is 5.60 Å². The lowest BCUT2D eigenvalue weighted by Gasteiger charge is -2.28. The van der Waals surface area contributed by atoms with E-state index in [-0.39, 0.29) is 18.4 Å². The summed E-state index contributed by atoms with van der Waals surface area (Å²) in [5, 5.41) is 0. The zero-order valence-corrected chi connectivity index (χ0v) is 13.9. The molecule has 1 unspecified atom stereocenters. The number of likely N-dealkylation sites (tertiary alicyclic amines) is 1. The number of hydrogen-bond acceptors (Lipinski definition) is 4. The predicted octanol–water partition coefficient (Wildman–Crippen LogP) is 0.967. The molecule has 126 valence electrons. The van der Waals surface area contributed by atoms with E-state index in [1.807, 2.05) is 27.7 Å². The molecule has 1 heterocycles. The number of carbonyl (C=O) groups is 3. The molecule has 0 aromatic carbocycles. The molecule has 7 nitrogen and oxygen atoms in total. The van der Waals surface area contributed by atoms with Crippen LogP contribution in [0.4, 0.5) is 4.79 Å². The highest BCUT2D eigenvalue weighted by atomic mass is 16.6. The summed E-state index contributed by atoms with van der Waals surface area (Å²) in [5.74, 6) is -0.966. The lowest BCUT2D eigenvalue weighted by Crippen LogP contribution is -2.42. The highest BCUT2D eigenvalue weighted by Gasteiger charge is 2.33. The second kappa shape index (κ2) is 7.47. The molecule has 0 saturated carbocycles. The first-order valence-electron chi connectivity index (χ1n) is 7.69. The monoisotopic (exact) mass is 313 g/mol. The Bertz CT molecular complexity index is 431. The van der Waals surface area contributed by atoms with Crippen molar-refractivity contribution in [2.24, 2.45) is 11.7 Å². The summed E-state index contributed by atoms with van der Waals surface area (Å²) in [6.45, 7) is 9.10. The van der Waals surface area contributed by atoms with Gasteiger partial charge in [-0.25, -0.2) is 4.79 Å². The summed E-state index contributed by atoms with van der Waals surface area (Å²) in [6.07, 6.45) is 0.583. The van der Waals surface area contributed by atoms with Gasteiger partial charge in [0, 0.05) is 32.6 Å². The number of nitrogens with zero attached hydrogens (tertiary/aromatic N) is 2. The SMILES string of the molecule is CCCN(CCN1CC(C(N)=O)CC1=O)C(=O)OC(C)(C)C. The van der Waals surface area contributed by atoms with Crippen molar-refractivity contribution in [1.82, 2.24) is 9.80 Å². The fraction of sp³-hybridized carbons (Fsp3) is 0.800. The van der Waals surface area contributed by atoms with E-state index in [0.717, 1.165) is 6.42 Å². The van der Waals surface area contributed by atoms with Crippen LogP contribution in [-0.2, 0) is 14.3 Å². The van der Waals surface area contributed by atoms with Crippen molar-refractivity contribution in [2.45, 2.75) is 46.1 Å². The average Bonchev–Trinajstić information content (AvgIpc) is 2.74. The van der Waals surface area contributed by atoms with Crippen LogP contribution < -0.4 is 5.73 Å².